The fourth-order valence-corrected chi connectivity index (χ4v) is 2.06. The van der Waals surface area contributed by atoms with Crippen molar-refractivity contribution in [2.45, 2.75) is 0 Å². The van der Waals surface area contributed by atoms with Crippen LogP contribution < -0.4 is 0 Å². The molecule has 0 saturated heterocycles. The van der Waals surface area contributed by atoms with E-state index in [4.69, 9.17) is 0 Å². The maximum Gasteiger partial charge on any atom is 0.201 e. The van der Waals surface area contributed by atoms with E-state index in [9.17, 15) is 0 Å². The Morgan fingerprint density at radius 3 is 2.94 bits per heavy atom. The number of aromatic nitrogens is 5. The molecular weight excluding hydrogens is 202 g/mol. The summed E-state index contributed by atoms with van der Waals surface area (Å²) < 4.78 is 3.70. The number of rotatable bonds is 0. The molecule has 0 aliphatic heterocycles. The summed E-state index contributed by atoms with van der Waals surface area (Å²) in [5.74, 6) is 0. The largest absolute Gasteiger partial charge is 0.295 e. The van der Waals surface area contributed by atoms with Crippen LogP contribution in [0.4, 0.5) is 0 Å². The van der Waals surface area contributed by atoms with Crippen molar-refractivity contribution in [3.05, 3.63) is 43.0 Å². The van der Waals surface area contributed by atoms with Crippen LogP contribution >= 0.6 is 0 Å². The Hall–Kier alpha value is -2.43. The summed E-state index contributed by atoms with van der Waals surface area (Å²) in [4.78, 5) is 0. The van der Waals surface area contributed by atoms with Gasteiger partial charge in [-0.25, -0.2) is 0 Å². The van der Waals surface area contributed by atoms with Gasteiger partial charge in [0.15, 0.2) is 0 Å². The molecule has 0 fully saturated rings. The zero-order chi connectivity index (χ0) is 10.5. The number of nitrogens with zero attached hydrogens (tertiary/aromatic N) is 5. The third-order valence-electron chi connectivity index (χ3n) is 2.80. The van der Waals surface area contributed by atoms with Gasteiger partial charge >= 0.3 is 0 Å². The Bertz CT molecular complexity index is 811. The van der Waals surface area contributed by atoms with Crippen molar-refractivity contribution in [2.24, 2.45) is 0 Å². The lowest BCUT2D eigenvalue weighted by Crippen LogP contribution is -1.95. The third kappa shape index (κ3) is 0.826. The number of hydrogen-bond donors (Lipinski definition) is 0. The van der Waals surface area contributed by atoms with Crippen LogP contribution in [-0.4, -0.2) is 24.2 Å². The van der Waals surface area contributed by atoms with Gasteiger partial charge in [-0.3, -0.25) is 4.40 Å². The highest BCUT2D eigenvalue weighted by atomic mass is 15.4. The summed E-state index contributed by atoms with van der Waals surface area (Å²) in [6.07, 6.45) is 3.39. The van der Waals surface area contributed by atoms with Gasteiger partial charge < -0.3 is 0 Å². The molecule has 0 saturated carbocycles. The number of hydrogen-bond acceptors (Lipinski definition) is 3. The van der Waals surface area contributed by atoms with Crippen LogP contribution in [-0.2, 0) is 0 Å². The average molecular weight is 209 g/mol. The highest BCUT2D eigenvalue weighted by Gasteiger charge is 2.07. The topological polar surface area (TPSA) is 47.5 Å². The highest BCUT2D eigenvalue weighted by Crippen LogP contribution is 2.21. The van der Waals surface area contributed by atoms with Crippen LogP contribution in [0.2, 0.25) is 0 Å². The van der Waals surface area contributed by atoms with Crippen LogP contribution in [0.3, 0.4) is 0 Å². The van der Waals surface area contributed by atoms with E-state index in [1.54, 1.807) is 17.2 Å². The lowest BCUT2D eigenvalue weighted by Gasteiger charge is -1.96. The Kier molecular flexibility index (Phi) is 1.26. The molecular formula is C11H7N5. The summed E-state index contributed by atoms with van der Waals surface area (Å²) in [7, 11) is 0. The first kappa shape index (κ1) is 7.81. The van der Waals surface area contributed by atoms with Crippen molar-refractivity contribution in [1.82, 2.24) is 24.2 Å². The third-order valence-corrected chi connectivity index (χ3v) is 2.80. The summed E-state index contributed by atoms with van der Waals surface area (Å²) >= 11 is 0. The van der Waals surface area contributed by atoms with E-state index in [-0.39, 0.29) is 0 Å². The standard InChI is InChI=1S/C11H7N5/c1-2-4-9-8(3-1)5-10-11-14-12-6-16(11)13-7-15(9)10/h1-7H. The van der Waals surface area contributed by atoms with E-state index in [1.165, 1.54) is 5.39 Å². The zero-order valence-electron chi connectivity index (χ0n) is 8.28. The minimum absolute atomic E-state index is 0.777. The van der Waals surface area contributed by atoms with E-state index in [0.29, 0.717) is 0 Å². The van der Waals surface area contributed by atoms with E-state index in [2.05, 4.69) is 33.5 Å². The molecule has 5 nitrogen and oxygen atoms in total. The Morgan fingerprint density at radius 2 is 1.94 bits per heavy atom. The molecule has 0 amide bonds. The van der Waals surface area contributed by atoms with Gasteiger partial charge in [0.25, 0.3) is 0 Å². The predicted octanol–water partition coefficient (Wildman–Crippen LogP) is 1.53. The Labute approximate surface area is 89.9 Å². The van der Waals surface area contributed by atoms with Crippen LogP contribution in [0.5, 0.6) is 0 Å². The molecule has 0 aliphatic rings. The van der Waals surface area contributed by atoms with E-state index in [0.717, 1.165) is 16.7 Å². The molecule has 4 rings (SSSR count). The number of fused-ring (bicyclic) bond motifs is 5. The fraction of sp³-hybridized carbons (Fsp3) is 0. The molecule has 0 spiro atoms. The van der Waals surface area contributed by atoms with E-state index < -0.39 is 0 Å². The van der Waals surface area contributed by atoms with E-state index >= 15 is 0 Å². The molecule has 3 aromatic heterocycles. The summed E-state index contributed by atoms with van der Waals surface area (Å²) in [5.41, 5.74) is 2.93. The molecule has 76 valence electrons. The van der Waals surface area contributed by atoms with Gasteiger partial charge in [-0.15, -0.1) is 10.2 Å². The normalized spacial score (nSPS) is 11.8. The Balaban J connectivity index is 2.38. The van der Waals surface area contributed by atoms with Gasteiger partial charge in [0.2, 0.25) is 5.65 Å². The molecule has 0 bridgehead atoms. The van der Waals surface area contributed by atoms with Gasteiger partial charge in [-0.1, -0.05) is 18.2 Å². The monoisotopic (exact) mass is 209 g/mol. The van der Waals surface area contributed by atoms with Crippen LogP contribution in [0.25, 0.3) is 22.1 Å². The second kappa shape index (κ2) is 2.57. The zero-order valence-corrected chi connectivity index (χ0v) is 8.28. The first-order valence-electron chi connectivity index (χ1n) is 4.98. The maximum atomic E-state index is 4.25. The quantitative estimate of drug-likeness (QED) is 0.441. The van der Waals surface area contributed by atoms with Crippen LogP contribution in [0.15, 0.2) is 43.0 Å². The Morgan fingerprint density at radius 1 is 1.00 bits per heavy atom. The minimum Gasteiger partial charge on any atom is -0.295 e. The second-order valence-electron chi connectivity index (χ2n) is 3.69. The van der Waals surface area contributed by atoms with Gasteiger partial charge in [-0.05, 0) is 12.1 Å². The van der Waals surface area contributed by atoms with Crippen molar-refractivity contribution < 1.29 is 0 Å². The van der Waals surface area contributed by atoms with Gasteiger partial charge in [0.05, 0.1) is 11.0 Å². The minimum atomic E-state index is 0.777. The molecule has 1 aromatic carbocycles. The molecule has 0 aliphatic carbocycles. The first-order chi connectivity index (χ1) is 7.93. The molecule has 5 heteroatoms. The summed E-state index contributed by atoms with van der Waals surface area (Å²) in [6, 6.07) is 10.3. The number of benzene rings is 1. The highest BCUT2D eigenvalue weighted by molar-refractivity contribution is 5.91. The molecule has 0 radical (unpaired) electrons. The smallest absolute Gasteiger partial charge is 0.201 e. The molecule has 0 unspecified atom stereocenters. The van der Waals surface area contributed by atoms with E-state index in [1.807, 2.05) is 16.5 Å². The second-order valence-corrected chi connectivity index (χ2v) is 3.69. The van der Waals surface area contributed by atoms with Crippen molar-refractivity contribution in [2.75, 3.05) is 0 Å². The van der Waals surface area contributed by atoms with Crippen molar-refractivity contribution >= 4 is 22.1 Å². The van der Waals surface area contributed by atoms with Gasteiger partial charge in [-0.2, -0.15) is 9.61 Å². The summed E-state index contributed by atoms with van der Waals surface area (Å²) in [6.45, 7) is 0. The maximum absolute atomic E-state index is 4.25. The van der Waals surface area contributed by atoms with Crippen molar-refractivity contribution in [3.8, 4) is 0 Å². The van der Waals surface area contributed by atoms with Gasteiger partial charge in [0, 0.05) is 5.39 Å². The fourth-order valence-electron chi connectivity index (χ4n) is 2.06. The first-order valence-corrected chi connectivity index (χ1v) is 4.98. The molecule has 0 N–H and O–H groups in total. The van der Waals surface area contributed by atoms with Crippen LogP contribution in [0.1, 0.15) is 0 Å². The average Bonchev–Trinajstić information content (AvgIpc) is 2.92. The van der Waals surface area contributed by atoms with Crippen molar-refractivity contribution in [3.63, 3.8) is 0 Å². The molecule has 4 aromatic rings. The van der Waals surface area contributed by atoms with Crippen LogP contribution in [0, 0.1) is 0 Å². The molecule has 16 heavy (non-hydrogen) atoms. The molecule has 0 atom stereocenters. The lowest BCUT2D eigenvalue weighted by molar-refractivity contribution is 0.888. The van der Waals surface area contributed by atoms with Crippen molar-refractivity contribution in [1.29, 1.82) is 0 Å². The van der Waals surface area contributed by atoms with Gasteiger partial charge in [0.1, 0.15) is 12.7 Å². The lowest BCUT2D eigenvalue weighted by atomic mass is 10.2. The summed E-state index contributed by atoms with van der Waals surface area (Å²) in [5, 5.41) is 13.4. The number of para-hydroxylation sites is 1. The predicted molar refractivity (Wildman–Crippen MR) is 59.2 cm³/mol. The SMILES string of the molecule is c1ccc2c(c1)cc1c3nncn3ncn21. The molecule has 3 heterocycles.